The molecule has 2 saturated carbocycles. The van der Waals surface area contributed by atoms with Gasteiger partial charge < -0.3 is 10.2 Å². The maximum atomic E-state index is 13.2. The van der Waals surface area contributed by atoms with Crippen molar-refractivity contribution in [2.24, 2.45) is 17.3 Å². The Bertz CT molecular complexity index is 507. The number of Topliss-reactive ketones (excluding diaryl/α,β-unsaturated/α-hetero) is 1. The SMILES string of the molecule is CC(O)CC1CCC23C(=O)CC4CC(C)CC(O)C42CCCN13. The molecule has 2 aliphatic carbocycles. The summed E-state index contributed by atoms with van der Waals surface area (Å²) in [7, 11) is 0. The van der Waals surface area contributed by atoms with Crippen LogP contribution in [0.2, 0.25) is 0 Å². The Kier molecular flexibility index (Phi) is 3.68. The Labute approximate surface area is 139 Å². The number of carbonyl (C=O) groups is 1. The minimum atomic E-state index is -0.422. The van der Waals surface area contributed by atoms with Crippen LogP contribution in [0.4, 0.5) is 0 Å². The van der Waals surface area contributed by atoms with E-state index in [4.69, 9.17) is 0 Å². The third kappa shape index (κ3) is 1.92. The normalized spacial score (nSPS) is 51.2. The standard InChI is InChI=1S/C19H31NO3/c1-12-8-14-11-17(23)19-6-4-15(10-13(2)21)20(19)7-3-5-18(14,19)16(22)9-12/h12-16,21-22H,3-11H2,1-2H3. The fourth-order valence-electron chi connectivity index (χ4n) is 7.10. The first-order valence-corrected chi connectivity index (χ1v) is 9.58. The highest BCUT2D eigenvalue weighted by Gasteiger charge is 2.73. The number of rotatable bonds is 2. The number of hydrogen-bond donors (Lipinski definition) is 2. The van der Waals surface area contributed by atoms with Crippen molar-refractivity contribution in [1.82, 2.24) is 4.90 Å². The van der Waals surface area contributed by atoms with Crippen LogP contribution >= 0.6 is 0 Å². The molecule has 0 aromatic heterocycles. The summed E-state index contributed by atoms with van der Waals surface area (Å²) >= 11 is 0. The topological polar surface area (TPSA) is 60.8 Å². The van der Waals surface area contributed by atoms with Crippen LogP contribution in [0, 0.1) is 17.3 Å². The Morgan fingerprint density at radius 2 is 2.13 bits per heavy atom. The summed E-state index contributed by atoms with van der Waals surface area (Å²) in [4.78, 5) is 15.7. The summed E-state index contributed by atoms with van der Waals surface area (Å²) < 4.78 is 0. The number of carbonyl (C=O) groups excluding carboxylic acids is 1. The molecule has 0 aromatic rings. The van der Waals surface area contributed by atoms with Gasteiger partial charge in [0.25, 0.3) is 0 Å². The van der Waals surface area contributed by atoms with Crippen molar-refractivity contribution in [2.45, 2.75) is 89.0 Å². The van der Waals surface area contributed by atoms with Crippen LogP contribution in [0.3, 0.4) is 0 Å². The van der Waals surface area contributed by atoms with Crippen LogP contribution in [0.25, 0.3) is 0 Å². The van der Waals surface area contributed by atoms with Gasteiger partial charge in [-0.05, 0) is 70.3 Å². The molecule has 2 aliphatic heterocycles. The molecule has 4 fully saturated rings. The molecular weight excluding hydrogens is 290 g/mol. The summed E-state index contributed by atoms with van der Waals surface area (Å²) in [5, 5.41) is 21.0. The van der Waals surface area contributed by atoms with Gasteiger partial charge in [0.05, 0.1) is 17.7 Å². The molecule has 130 valence electrons. The van der Waals surface area contributed by atoms with E-state index in [0.29, 0.717) is 30.1 Å². The zero-order valence-corrected chi connectivity index (χ0v) is 14.5. The maximum absolute atomic E-state index is 13.2. The lowest BCUT2D eigenvalue weighted by atomic mass is 9.53. The summed E-state index contributed by atoms with van der Waals surface area (Å²) in [5.41, 5.74) is -0.628. The summed E-state index contributed by atoms with van der Waals surface area (Å²) in [5.74, 6) is 1.28. The molecular formula is C19H31NO3. The third-order valence-electron chi connectivity index (χ3n) is 7.67. The van der Waals surface area contributed by atoms with E-state index >= 15 is 0 Å². The van der Waals surface area contributed by atoms with Crippen LogP contribution in [-0.2, 0) is 4.79 Å². The summed E-state index contributed by atoms with van der Waals surface area (Å²) in [6, 6.07) is 0.307. The Balaban J connectivity index is 1.76. The molecule has 7 atom stereocenters. The van der Waals surface area contributed by atoms with Crippen molar-refractivity contribution < 1.29 is 15.0 Å². The van der Waals surface area contributed by atoms with E-state index in [-0.39, 0.29) is 17.6 Å². The van der Waals surface area contributed by atoms with Crippen molar-refractivity contribution >= 4 is 5.78 Å². The predicted octanol–water partition coefficient (Wildman–Crippen LogP) is 2.12. The molecule has 23 heavy (non-hydrogen) atoms. The minimum Gasteiger partial charge on any atom is -0.393 e. The molecule has 2 N–H and O–H groups in total. The number of hydrogen-bond acceptors (Lipinski definition) is 4. The van der Waals surface area contributed by atoms with E-state index in [1.54, 1.807) is 0 Å². The molecule has 0 bridgehead atoms. The number of aliphatic hydroxyl groups is 2. The van der Waals surface area contributed by atoms with Crippen molar-refractivity contribution in [3.63, 3.8) is 0 Å². The molecule has 4 rings (SSSR count). The van der Waals surface area contributed by atoms with Gasteiger partial charge in [0.15, 0.2) is 5.78 Å². The lowest BCUT2D eigenvalue weighted by Crippen LogP contribution is -2.68. The van der Waals surface area contributed by atoms with Crippen LogP contribution in [0.15, 0.2) is 0 Å². The summed E-state index contributed by atoms with van der Waals surface area (Å²) in [6.45, 7) is 5.03. The zero-order valence-electron chi connectivity index (χ0n) is 14.5. The minimum absolute atomic E-state index is 0.206. The fraction of sp³-hybridized carbons (Fsp3) is 0.947. The van der Waals surface area contributed by atoms with Crippen LogP contribution in [0.5, 0.6) is 0 Å². The van der Waals surface area contributed by atoms with E-state index < -0.39 is 5.54 Å². The Hall–Kier alpha value is -0.450. The molecule has 4 nitrogen and oxygen atoms in total. The summed E-state index contributed by atoms with van der Waals surface area (Å²) in [6.07, 6.45) is 6.68. The van der Waals surface area contributed by atoms with Crippen LogP contribution in [0.1, 0.15) is 65.2 Å². The average molecular weight is 321 g/mol. The highest BCUT2D eigenvalue weighted by Crippen LogP contribution is 2.67. The van der Waals surface area contributed by atoms with Gasteiger partial charge in [-0.15, -0.1) is 0 Å². The lowest BCUT2D eigenvalue weighted by molar-refractivity contribution is -0.167. The fourth-order valence-corrected chi connectivity index (χ4v) is 7.10. The van der Waals surface area contributed by atoms with E-state index in [1.165, 1.54) is 0 Å². The van der Waals surface area contributed by atoms with Gasteiger partial charge in [-0.3, -0.25) is 9.69 Å². The number of ketones is 1. The average Bonchev–Trinajstić information content (AvgIpc) is 2.95. The predicted molar refractivity (Wildman–Crippen MR) is 87.9 cm³/mol. The van der Waals surface area contributed by atoms with Gasteiger partial charge in [0, 0.05) is 17.9 Å². The van der Waals surface area contributed by atoms with Crippen molar-refractivity contribution in [1.29, 1.82) is 0 Å². The highest BCUT2D eigenvalue weighted by atomic mass is 16.3. The smallest absolute Gasteiger partial charge is 0.154 e. The second-order valence-electron chi connectivity index (χ2n) is 8.89. The third-order valence-corrected chi connectivity index (χ3v) is 7.67. The second kappa shape index (κ2) is 5.27. The largest absolute Gasteiger partial charge is 0.393 e. The lowest BCUT2D eigenvalue weighted by Gasteiger charge is -2.59. The first kappa shape index (κ1) is 16.0. The van der Waals surface area contributed by atoms with Gasteiger partial charge in [-0.25, -0.2) is 0 Å². The molecule has 0 radical (unpaired) electrons. The molecule has 0 aromatic carbocycles. The number of aliphatic hydroxyl groups excluding tert-OH is 2. The van der Waals surface area contributed by atoms with E-state index in [2.05, 4.69) is 11.8 Å². The molecule has 4 aliphatic rings. The molecule has 0 amide bonds. The van der Waals surface area contributed by atoms with E-state index in [0.717, 1.165) is 51.5 Å². The van der Waals surface area contributed by atoms with Crippen LogP contribution < -0.4 is 0 Å². The van der Waals surface area contributed by atoms with Gasteiger partial charge in [0.2, 0.25) is 0 Å². The molecule has 2 heterocycles. The van der Waals surface area contributed by atoms with Gasteiger partial charge >= 0.3 is 0 Å². The highest BCUT2D eigenvalue weighted by molar-refractivity contribution is 5.93. The molecule has 2 saturated heterocycles. The number of piperidine rings is 1. The second-order valence-corrected chi connectivity index (χ2v) is 8.89. The Morgan fingerprint density at radius 3 is 2.87 bits per heavy atom. The van der Waals surface area contributed by atoms with Crippen molar-refractivity contribution in [3.8, 4) is 0 Å². The Morgan fingerprint density at radius 1 is 1.35 bits per heavy atom. The van der Waals surface area contributed by atoms with Gasteiger partial charge in [-0.2, -0.15) is 0 Å². The van der Waals surface area contributed by atoms with Gasteiger partial charge in [-0.1, -0.05) is 6.92 Å². The maximum Gasteiger partial charge on any atom is 0.154 e. The molecule has 4 heteroatoms. The van der Waals surface area contributed by atoms with Crippen molar-refractivity contribution in [2.75, 3.05) is 6.54 Å². The zero-order chi connectivity index (χ0) is 16.4. The number of nitrogens with zero attached hydrogens (tertiary/aromatic N) is 1. The van der Waals surface area contributed by atoms with Crippen LogP contribution in [-0.4, -0.2) is 51.2 Å². The molecule has 2 spiro atoms. The molecule has 7 unspecified atom stereocenters. The first-order valence-electron chi connectivity index (χ1n) is 9.58. The first-order chi connectivity index (χ1) is 10.9. The van der Waals surface area contributed by atoms with Gasteiger partial charge in [0.1, 0.15) is 0 Å². The monoisotopic (exact) mass is 321 g/mol. The van der Waals surface area contributed by atoms with Crippen molar-refractivity contribution in [3.05, 3.63) is 0 Å². The quantitative estimate of drug-likeness (QED) is 0.818. The van der Waals surface area contributed by atoms with E-state index in [9.17, 15) is 15.0 Å². The van der Waals surface area contributed by atoms with E-state index in [1.807, 2.05) is 6.92 Å².